The smallest absolute Gasteiger partial charge is 0.266 e. The maximum atomic E-state index is 12.8. The van der Waals surface area contributed by atoms with Gasteiger partial charge < -0.3 is 10.1 Å². The van der Waals surface area contributed by atoms with E-state index >= 15 is 0 Å². The molecular weight excluding hydrogens is 342 g/mol. The molecule has 0 aliphatic carbocycles. The Morgan fingerprint density at radius 2 is 1.85 bits per heavy atom. The van der Waals surface area contributed by atoms with E-state index in [1.165, 1.54) is 10.1 Å². The van der Waals surface area contributed by atoms with E-state index in [9.17, 15) is 4.79 Å². The van der Waals surface area contributed by atoms with Gasteiger partial charge in [0, 0.05) is 10.4 Å². The lowest BCUT2D eigenvalue weighted by Gasteiger charge is -2.10. The Labute approximate surface area is 159 Å². The number of nitrogens with one attached hydrogen (secondary N) is 1. The molecule has 0 saturated carbocycles. The van der Waals surface area contributed by atoms with E-state index < -0.39 is 0 Å². The molecule has 4 heteroatoms. The van der Waals surface area contributed by atoms with Gasteiger partial charge in [-0.1, -0.05) is 45.4 Å². The van der Waals surface area contributed by atoms with Crippen LogP contribution in [0, 0.1) is 5.92 Å². The number of carbonyl (C=O) groups excluding carboxylic acids is 1. The molecule has 1 N–H and O–H groups in total. The van der Waals surface area contributed by atoms with Crippen LogP contribution in [0.25, 0.3) is 10.1 Å². The second-order valence-corrected chi connectivity index (χ2v) is 7.89. The maximum absolute atomic E-state index is 12.8. The van der Waals surface area contributed by atoms with Crippen LogP contribution in [0.2, 0.25) is 0 Å². The quantitative estimate of drug-likeness (QED) is 0.544. The van der Waals surface area contributed by atoms with Crippen LogP contribution < -0.4 is 10.1 Å². The minimum absolute atomic E-state index is 0.0366. The number of anilines is 1. The van der Waals surface area contributed by atoms with E-state index in [0.29, 0.717) is 12.5 Å². The maximum Gasteiger partial charge on any atom is 0.266 e. The van der Waals surface area contributed by atoms with Crippen molar-refractivity contribution in [1.82, 2.24) is 0 Å². The van der Waals surface area contributed by atoms with Crippen LogP contribution in [0.3, 0.4) is 0 Å². The lowest BCUT2D eigenvalue weighted by molar-refractivity contribution is 0.103. The third kappa shape index (κ3) is 4.25. The highest BCUT2D eigenvalue weighted by atomic mass is 32.1. The summed E-state index contributed by atoms with van der Waals surface area (Å²) in [6.45, 7) is 7.07. The minimum atomic E-state index is -0.0366. The van der Waals surface area contributed by atoms with Crippen molar-refractivity contribution < 1.29 is 9.53 Å². The molecule has 0 radical (unpaired) electrons. The molecule has 0 spiro atoms. The van der Waals surface area contributed by atoms with E-state index in [1.807, 2.05) is 36.4 Å². The summed E-state index contributed by atoms with van der Waals surface area (Å²) in [5.74, 6) is 1.27. The Kier molecular flexibility index (Phi) is 5.94. The predicted octanol–water partition coefficient (Wildman–Crippen LogP) is 6.14. The second kappa shape index (κ2) is 8.37. The van der Waals surface area contributed by atoms with Crippen LogP contribution in [0.1, 0.15) is 42.4 Å². The van der Waals surface area contributed by atoms with Gasteiger partial charge in [-0.05, 0) is 53.6 Å². The number of ether oxygens (including phenoxy) is 1. The lowest BCUT2D eigenvalue weighted by atomic mass is 10.1. The zero-order chi connectivity index (χ0) is 18.5. The molecule has 26 heavy (non-hydrogen) atoms. The Morgan fingerprint density at radius 3 is 2.54 bits per heavy atom. The van der Waals surface area contributed by atoms with Crippen molar-refractivity contribution in [3.05, 3.63) is 59.0 Å². The van der Waals surface area contributed by atoms with Gasteiger partial charge >= 0.3 is 0 Å². The van der Waals surface area contributed by atoms with Crippen molar-refractivity contribution >= 4 is 33.0 Å². The molecule has 3 nitrogen and oxygen atoms in total. The van der Waals surface area contributed by atoms with Gasteiger partial charge in [0.25, 0.3) is 5.91 Å². The molecule has 2 aromatic carbocycles. The molecule has 1 aromatic heterocycles. The van der Waals surface area contributed by atoms with Crippen molar-refractivity contribution in [3.63, 3.8) is 0 Å². The van der Waals surface area contributed by atoms with Crippen LogP contribution in [0.5, 0.6) is 5.75 Å². The summed E-state index contributed by atoms with van der Waals surface area (Å²) < 4.78 is 6.86. The molecule has 1 amide bonds. The molecule has 0 saturated heterocycles. The Hall–Kier alpha value is -2.33. The summed E-state index contributed by atoms with van der Waals surface area (Å²) >= 11 is 1.57. The average Bonchev–Trinajstić information content (AvgIpc) is 3.00. The molecular formula is C22H25NO2S. The fourth-order valence-electron chi connectivity index (χ4n) is 2.87. The Bertz CT molecular complexity index is 881. The van der Waals surface area contributed by atoms with Gasteiger partial charge in [-0.15, -0.1) is 11.3 Å². The van der Waals surface area contributed by atoms with Crippen molar-refractivity contribution in [2.75, 3.05) is 11.9 Å². The van der Waals surface area contributed by atoms with E-state index in [1.54, 1.807) is 11.3 Å². The van der Waals surface area contributed by atoms with Gasteiger partial charge in [-0.2, -0.15) is 0 Å². The summed E-state index contributed by atoms with van der Waals surface area (Å²) in [7, 11) is 0. The fraction of sp³-hybridized carbons (Fsp3) is 0.318. The van der Waals surface area contributed by atoms with Crippen LogP contribution >= 0.6 is 11.3 Å². The number of carbonyl (C=O) groups is 1. The zero-order valence-electron chi connectivity index (χ0n) is 15.5. The monoisotopic (exact) mass is 367 g/mol. The van der Waals surface area contributed by atoms with Gasteiger partial charge in [0.15, 0.2) is 0 Å². The number of benzene rings is 2. The molecule has 3 aromatic rings. The highest BCUT2D eigenvalue weighted by molar-refractivity contribution is 7.21. The highest BCUT2D eigenvalue weighted by Gasteiger charge is 2.17. The molecule has 0 aliphatic rings. The summed E-state index contributed by atoms with van der Waals surface area (Å²) in [4.78, 5) is 13.7. The highest BCUT2D eigenvalue weighted by Crippen LogP contribution is 2.33. The molecule has 1 heterocycles. The van der Waals surface area contributed by atoms with Crippen LogP contribution in [-0.4, -0.2) is 12.5 Å². The molecule has 3 rings (SSSR count). The zero-order valence-corrected chi connectivity index (χ0v) is 16.4. The van der Waals surface area contributed by atoms with Gasteiger partial charge in [0.2, 0.25) is 0 Å². The first-order valence-corrected chi connectivity index (χ1v) is 9.94. The van der Waals surface area contributed by atoms with E-state index in [2.05, 4.69) is 38.2 Å². The minimum Gasteiger partial charge on any atom is -0.493 e. The molecule has 0 bridgehead atoms. The summed E-state index contributed by atoms with van der Waals surface area (Å²) in [5.41, 5.74) is 1.94. The second-order valence-electron chi connectivity index (χ2n) is 6.84. The standard InChI is InChI=1S/C22H25NO2S/c1-4-7-19-18-8-5-6-9-20(18)26-21(19)22(24)23-16-10-12-17(13-11-16)25-14-15(2)3/h5-6,8-13,15H,4,7,14H2,1-3H3,(H,23,24). The molecule has 0 aliphatic heterocycles. The number of amides is 1. The Balaban J connectivity index is 1.77. The first-order chi connectivity index (χ1) is 12.6. The van der Waals surface area contributed by atoms with Crippen LogP contribution in [-0.2, 0) is 6.42 Å². The summed E-state index contributed by atoms with van der Waals surface area (Å²) in [5, 5.41) is 4.22. The average molecular weight is 368 g/mol. The van der Waals surface area contributed by atoms with Crippen molar-refractivity contribution in [2.24, 2.45) is 5.92 Å². The molecule has 0 atom stereocenters. The summed E-state index contributed by atoms with van der Waals surface area (Å²) in [6.07, 6.45) is 1.93. The third-order valence-electron chi connectivity index (χ3n) is 4.10. The van der Waals surface area contributed by atoms with Crippen LogP contribution in [0.15, 0.2) is 48.5 Å². The largest absolute Gasteiger partial charge is 0.493 e. The van der Waals surface area contributed by atoms with E-state index in [0.717, 1.165) is 34.7 Å². The number of aryl methyl sites for hydroxylation is 1. The van der Waals surface area contributed by atoms with Gasteiger partial charge in [0.05, 0.1) is 11.5 Å². The SMILES string of the molecule is CCCc1c(C(=O)Nc2ccc(OCC(C)C)cc2)sc2ccccc12. The first kappa shape index (κ1) is 18.5. The topological polar surface area (TPSA) is 38.3 Å². The fourth-order valence-corrected chi connectivity index (χ4v) is 4.01. The molecule has 0 unspecified atom stereocenters. The third-order valence-corrected chi connectivity index (χ3v) is 5.31. The van der Waals surface area contributed by atoms with Gasteiger partial charge in [-0.25, -0.2) is 0 Å². The van der Waals surface area contributed by atoms with Crippen molar-refractivity contribution in [3.8, 4) is 5.75 Å². The molecule has 0 fully saturated rings. The van der Waals surface area contributed by atoms with Gasteiger partial charge in [0.1, 0.15) is 5.75 Å². The number of thiophene rings is 1. The number of rotatable bonds is 7. The van der Waals surface area contributed by atoms with Gasteiger partial charge in [-0.3, -0.25) is 4.79 Å². The van der Waals surface area contributed by atoms with Crippen molar-refractivity contribution in [1.29, 1.82) is 0 Å². The predicted molar refractivity (Wildman–Crippen MR) is 111 cm³/mol. The van der Waals surface area contributed by atoms with E-state index in [4.69, 9.17) is 4.74 Å². The summed E-state index contributed by atoms with van der Waals surface area (Å²) in [6, 6.07) is 15.8. The number of hydrogen-bond acceptors (Lipinski definition) is 3. The first-order valence-electron chi connectivity index (χ1n) is 9.13. The van der Waals surface area contributed by atoms with Crippen LogP contribution in [0.4, 0.5) is 5.69 Å². The van der Waals surface area contributed by atoms with Crippen molar-refractivity contribution in [2.45, 2.75) is 33.6 Å². The lowest BCUT2D eigenvalue weighted by Crippen LogP contribution is -2.12. The number of fused-ring (bicyclic) bond motifs is 1. The molecule has 136 valence electrons. The normalized spacial score (nSPS) is 11.1. The Morgan fingerprint density at radius 1 is 1.12 bits per heavy atom. The number of hydrogen-bond donors (Lipinski definition) is 1. The van der Waals surface area contributed by atoms with E-state index in [-0.39, 0.29) is 5.91 Å².